The molecule has 0 saturated carbocycles. The number of likely N-dealkylation sites (tertiary alicyclic amines) is 1. The van der Waals surface area contributed by atoms with Gasteiger partial charge in [0.25, 0.3) is 11.5 Å². The molecule has 0 radical (unpaired) electrons. The molecule has 6 nitrogen and oxygen atoms in total. The largest absolute Gasteiger partial charge is 0.361 e. The fourth-order valence-electron chi connectivity index (χ4n) is 3.86. The van der Waals surface area contributed by atoms with E-state index in [1.807, 2.05) is 44.2 Å². The number of rotatable bonds is 3. The SMILES string of the molecule is Cc1noc(C)c1[C@@H]1CCCN1C(=O)c1ccc(-c2ccccc2)[nH]c1=O. The number of hydrogen-bond acceptors (Lipinski definition) is 4. The van der Waals surface area contributed by atoms with Crippen LogP contribution >= 0.6 is 0 Å². The van der Waals surface area contributed by atoms with Crippen LogP contribution in [0.5, 0.6) is 0 Å². The maximum Gasteiger partial charge on any atom is 0.261 e. The van der Waals surface area contributed by atoms with Crippen molar-refractivity contribution in [2.24, 2.45) is 0 Å². The number of aryl methyl sites for hydroxylation is 2. The van der Waals surface area contributed by atoms with Gasteiger partial charge in [-0.2, -0.15) is 0 Å². The van der Waals surface area contributed by atoms with Gasteiger partial charge in [0, 0.05) is 17.8 Å². The molecule has 1 amide bonds. The normalized spacial score (nSPS) is 16.7. The number of benzene rings is 1. The third-order valence-electron chi connectivity index (χ3n) is 5.16. The average Bonchev–Trinajstić information content (AvgIpc) is 3.28. The van der Waals surface area contributed by atoms with Crippen LogP contribution in [0.15, 0.2) is 51.8 Å². The summed E-state index contributed by atoms with van der Waals surface area (Å²) in [5.41, 5.74) is 3.15. The molecule has 1 fully saturated rings. The van der Waals surface area contributed by atoms with Gasteiger partial charge in [0.05, 0.1) is 11.7 Å². The second-order valence-corrected chi connectivity index (χ2v) is 6.88. The molecule has 3 heterocycles. The number of nitrogens with one attached hydrogen (secondary N) is 1. The third kappa shape index (κ3) is 3.07. The molecule has 1 saturated heterocycles. The van der Waals surface area contributed by atoms with Crippen LogP contribution in [0.4, 0.5) is 0 Å². The van der Waals surface area contributed by atoms with Crippen molar-refractivity contribution < 1.29 is 9.32 Å². The quantitative estimate of drug-likeness (QED) is 0.771. The smallest absolute Gasteiger partial charge is 0.261 e. The van der Waals surface area contributed by atoms with E-state index in [0.717, 1.165) is 35.4 Å². The molecule has 3 aromatic rings. The Balaban J connectivity index is 1.65. The lowest BCUT2D eigenvalue weighted by molar-refractivity contribution is 0.0733. The number of H-pyrrole nitrogens is 1. The van der Waals surface area contributed by atoms with Crippen molar-refractivity contribution in [2.45, 2.75) is 32.7 Å². The molecule has 2 aromatic heterocycles. The molecule has 0 spiro atoms. The number of aromatic amines is 1. The van der Waals surface area contributed by atoms with Crippen LogP contribution in [0.25, 0.3) is 11.3 Å². The lowest BCUT2D eigenvalue weighted by atomic mass is 10.0. The van der Waals surface area contributed by atoms with Crippen LogP contribution < -0.4 is 5.56 Å². The zero-order valence-electron chi connectivity index (χ0n) is 15.4. The fourth-order valence-corrected chi connectivity index (χ4v) is 3.86. The van der Waals surface area contributed by atoms with E-state index in [9.17, 15) is 9.59 Å². The van der Waals surface area contributed by atoms with Crippen molar-refractivity contribution in [1.82, 2.24) is 15.0 Å². The van der Waals surface area contributed by atoms with E-state index in [0.29, 0.717) is 12.2 Å². The minimum absolute atomic E-state index is 0.100. The van der Waals surface area contributed by atoms with E-state index in [2.05, 4.69) is 10.1 Å². The summed E-state index contributed by atoms with van der Waals surface area (Å²) in [6.45, 7) is 4.36. The number of carbonyl (C=O) groups excluding carboxylic acids is 1. The molecule has 1 aliphatic heterocycles. The van der Waals surface area contributed by atoms with Crippen LogP contribution in [0.1, 0.15) is 46.3 Å². The summed E-state index contributed by atoms with van der Waals surface area (Å²) in [4.78, 5) is 30.3. The lowest BCUT2D eigenvalue weighted by Crippen LogP contribution is -2.34. The Morgan fingerprint density at radius 3 is 2.63 bits per heavy atom. The monoisotopic (exact) mass is 363 g/mol. The highest BCUT2D eigenvalue weighted by molar-refractivity contribution is 5.94. The Hall–Kier alpha value is -3.15. The molecule has 27 heavy (non-hydrogen) atoms. The number of aromatic nitrogens is 2. The molecular formula is C21H21N3O3. The summed E-state index contributed by atoms with van der Waals surface area (Å²) in [6.07, 6.45) is 1.73. The molecule has 0 unspecified atom stereocenters. The number of nitrogens with zero attached hydrogens (tertiary/aromatic N) is 2. The molecule has 1 aliphatic rings. The summed E-state index contributed by atoms with van der Waals surface area (Å²) < 4.78 is 5.27. The van der Waals surface area contributed by atoms with Gasteiger partial charge in [0.2, 0.25) is 0 Å². The molecule has 4 rings (SSSR count). The Morgan fingerprint density at radius 2 is 1.96 bits per heavy atom. The van der Waals surface area contributed by atoms with Gasteiger partial charge < -0.3 is 14.4 Å². The average molecular weight is 363 g/mol. The minimum atomic E-state index is -0.370. The van der Waals surface area contributed by atoms with E-state index in [1.165, 1.54) is 0 Å². The van der Waals surface area contributed by atoms with Crippen LogP contribution in [-0.2, 0) is 0 Å². The van der Waals surface area contributed by atoms with Gasteiger partial charge in [0.1, 0.15) is 11.3 Å². The van der Waals surface area contributed by atoms with Gasteiger partial charge in [-0.15, -0.1) is 0 Å². The van der Waals surface area contributed by atoms with Crippen molar-refractivity contribution in [3.05, 3.63) is 75.4 Å². The van der Waals surface area contributed by atoms with Gasteiger partial charge in [-0.05, 0) is 44.4 Å². The number of amides is 1. The van der Waals surface area contributed by atoms with Crippen molar-refractivity contribution in [3.63, 3.8) is 0 Å². The topological polar surface area (TPSA) is 79.2 Å². The van der Waals surface area contributed by atoms with Crippen molar-refractivity contribution in [2.75, 3.05) is 6.54 Å². The van der Waals surface area contributed by atoms with E-state index >= 15 is 0 Å². The number of carbonyl (C=O) groups is 1. The first kappa shape index (κ1) is 17.3. The zero-order chi connectivity index (χ0) is 19.0. The first-order chi connectivity index (χ1) is 13.1. The van der Waals surface area contributed by atoms with Gasteiger partial charge in [-0.3, -0.25) is 9.59 Å². The van der Waals surface area contributed by atoms with Crippen LogP contribution in [0, 0.1) is 13.8 Å². The molecule has 1 atom stereocenters. The van der Waals surface area contributed by atoms with Crippen LogP contribution in [0.3, 0.4) is 0 Å². The van der Waals surface area contributed by atoms with Crippen LogP contribution in [-0.4, -0.2) is 27.5 Å². The van der Waals surface area contributed by atoms with Gasteiger partial charge in [-0.1, -0.05) is 35.5 Å². The number of pyridine rings is 1. The Kier molecular flexibility index (Phi) is 4.39. The Labute approximate surface area is 156 Å². The van der Waals surface area contributed by atoms with E-state index in [1.54, 1.807) is 17.0 Å². The maximum atomic E-state index is 13.1. The summed E-state index contributed by atoms with van der Waals surface area (Å²) in [7, 11) is 0. The highest BCUT2D eigenvalue weighted by Gasteiger charge is 2.35. The van der Waals surface area contributed by atoms with E-state index in [-0.39, 0.29) is 23.1 Å². The second-order valence-electron chi connectivity index (χ2n) is 6.88. The standard InChI is InChI=1S/C21H21N3O3/c1-13-19(14(2)27-23-13)18-9-6-12-24(18)21(26)16-10-11-17(22-20(16)25)15-7-4-3-5-8-15/h3-5,7-8,10-11,18H,6,9,12H2,1-2H3,(H,22,25)/t18-/m0/s1. The fraction of sp³-hybridized carbons (Fsp3) is 0.286. The van der Waals surface area contributed by atoms with Gasteiger partial charge in [-0.25, -0.2) is 0 Å². The lowest BCUT2D eigenvalue weighted by Gasteiger charge is -2.24. The summed E-state index contributed by atoms with van der Waals surface area (Å²) in [6, 6.07) is 12.9. The highest BCUT2D eigenvalue weighted by Crippen LogP contribution is 2.36. The first-order valence-electron chi connectivity index (χ1n) is 9.08. The predicted octanol–water partition coefficient (Wildman–Crippen LogP) is 3.62. The Bertz CT molecular complexity index is 1020. The summed E-state index contributed by atoms with van der Waals surface area (Å²) in [5, 5.41) is 4.01. The maximum absolute atomic E-state index is 13.1. The van der Waals surface area contributed by atoms with E-state index in [4.69, 9.17) is 4.52 Å². The molecule has 138 valence electrons. The summed E-state index contributed by atoms with van der Waals surface area (Å²) >= 11 is 0. The Morgan fingerprint density at radius 1 is 1.19 bits per heavy atom. The van der Waals surface area contributed by atoms with Gasteiger partial charge >= 0.3 is 0 Å². The molecular weight excluding hydrogens is 342 g/mol. The van der Waals surface area contributed by atoms with Crippen molar-refractivity contribution >= 4 is 5.91 Å². The van der Waals surface area contributed by atoms with Crippen molar-refractivity contribution in [3.8, 4) is 11.3 Å². The van der Waals surface area contributed by atoms with E-state index < -0.39 is 0 Å². The third-order valence-corrected chi connectivity index (χ3v) is 5.16. The van der Waals surface area contributed by atoms with Gasteiger partial charge in [0.15, 0.2) is 0 Å². The highest BCUT2D eigenvalue weighted by atomic mass is 16.5. The van der Waals surface area contributed by atoms with Crippen molar-refractivity contribution in [1.29, 1.82) is 0 Å². The molecule has 1 N–H and O–H groups in total. The minimum Gasteiger partial charge on any atom is -0.361 e. The number of hydrogen-bond donors (Lipinski definition) is 1. The zero-order valence-corrected chi connectivity index (χ0v) is 15.4. The first-order valence-corrected chi connectivity index (χ1v) is 9.08. The molecule has 6 heteroatoms. The molecule has 0 bridgehead atoms. The van der Waals surface area contributed by atoms with Crippen LogP contribution in [0.2, 0.25) is 0 Å². The second kappa shape index (κ2) is 6.87. The molecule has 1 aromatic carbocycles. The molecule has 0 aliphatic carbocycles. The summed E-state index contributed by atoms with van der Waals surface area (Å²) in [5.74, 6) is 0.476. The predicted molar refractivity (Wildman–Crippen MR) is 101 cm³/mol.